The zero-order chi connectivity index (χ0) is 15.4. The highest BCUT2D eigenvalue weighted by Gasteiger charge is 2.13. The second kappa shape index (κ2) is 6.34. The number of ether oxygens (including phenoxy) is 1. The second-order valence-corrected chi connectivity index (χ2v) is 6.92. The maximum atomic E-state index is 11.7. The minimum atomic E-state index is -4.24. The van der Waals surface area contributed by atoms with Crippen LogP contribution in [-0.2, 0) is 14.9 Å². The molecule has 0 fully saturated rings. The Balaban J connectivity index is 2.53. The zero-order valence-corrected chi connectivity index (χ0v) is 12.7. The lowest BCUT2D eigenvalue weighted by atomic mass is 10.2. The van der Waals surface area contributed by atoms with Gasteiger partial charge in [-0.2, -0.15) is 8.42 Å². The average molecular weight is 302 g/mol. The third-order valence-electron chi connectivity index (χ3n) is 2.59. The molecule has 0 bridgehead atoms. The molecule has 6 nitrogen and oxygen atoms in total. The molecule has 20 heavy (non-hydrogen) atoms. The summed E-state index contributed by atoms with van der Waals surface area (Å²) in [6.07, 6.45) is 0.748. The van der Waals surface area contributed by atoms with Gasteiger partial charge in [-0.05, 0) is 24.3 Å². The Labute approximate surface area is 119 Å². The smallest absolute Gasteiger partial charge is 0.338 e. The van der Waals surface area contributed by atoms with Crippen molar-refractivity contribution in [2.24, 2.45) is 0 Å². The van der Waals surface area contributed by atoms with Crippen molar-refractivity contribution >= 4 is 16.1 Å². The number of hydrogen-bond donors (Lipinski definition) is 1. The number of rotatable bonds is 6. The minimum absolute atomic E-state index is 0.251. The number of carbonyl (C=O) groups excluding carboxylic acids is 1. The first-order valence-corrected chi connectivity index (χ1v) is 7.59. The fraction of sp³-hybridized carbons (Fsp3) is 0.462. The van der Waals surface area contributed by atoms with E-state index >= 15 is 0 Å². The molecule has 1 aromatic carbocycles. The van der Waals surface area contributed by atoms with E-state index in [4.69, 9.17) is 9.29 Å². The summed E-state index contributed by atoms with van der Waals surface area (Å²) in [5, 5.41) is 0. The minimum Gasteiger partial charge on any atom is -0.462 e. The molecular formula is C13H20NO5S+. The van der Waals surface area contributed by atoms with Crippen LogP contribution in [0.25, 0.3) is 0 Å². The Morgan fingerprint density at radius 2 is 1.75 bits per heavy atom. The fourth-order valence-corrected chi connectivity index (χ4v) is 2.03. The third kappa shape index (κ3) is 5.68. The SMILES string of the molecule is C[N+](C)(C)CCCOC(=O)c1ccc(S(=O)(=O)O)cc1. The van der Waals surface area contributed by atoms with Crippen molar-refractivity contribution in [3.63, 3.8) is 0 Å². The highest BCUT2D eigenvalue weighted by Crippen LogP contribution is 2.11. The summed E-state index contributed by atoms with van der Waals surface area (Å²) >= 11 is 0. The van der Waals surface area contributed by atoms with E-state index in [1.165, 1.54) is 12.1 Å². The monoisotopic (exact) mass is 302 g/mol. The molecule has 0 saturated heterocycles. The van der Waals surface area contributed by atoms with E-state index in [2.05, 4.69) is 21.1 Å². The summed E-state index contributed by atoms with van der Waals surface area (Å²) in [7, 11) is 1.92. The molecule has 0 atom stereocenters. The van der Waals surface area contributed by atoms with Gasteiger partial charge in [0, 0.05) is 6.42 Å². The lowest BCUT2D eigenvalue weighted by Crippen LogP contribution is -2.35. The van der Waals surface area contributed by atoms with Crippen LogP contribution in [0.2, 0.25) is 0 Å². The van der Waals surface area contributed by atoms with E-state index in [0.29, 0.717) is 6.61 Å². The Hall–Kier alpha value is -1.44. The summed E-state index contributed by atoms with van der Waals surface area (Å²) in [4.78, 5) is 11.4. The average Bonchev–Trinajstić information content (AvgIpc) is 2.32. The Morgan fingerprint density at radius 3 is 2.20 bits per heavy atom. The van der Waals surface area contributed by atoms with Gasteiger partial charge in [-0.1, -0.05) is 0 Å². The van der Waals surface area contributed by atoms with Crippen LogP contribution in [0.15, 0.2) is 29.2 Å². The summed E-state index contributed by atoms with van der Waals surface area (Å²) in [6, 6.07) is 4.95. The maximum absolute atomic E-state index is 11.7. The molecule has 0 unspecified atom stereocenters. The number of hydrogen-bond acceptors (Lipinski definition) is 4. The van der Waals surface area contributed by atoms with Crippen molar-refractivity contribution in [1.82, 2.24) is 0 Å². The van der Waals surface area contributed by atoms with E-state index in [1.807, 2.05) is 0 Å². The van der Waals surface area contributed by atoms with Gasteiger partial charge in [0.25, 0.3) is 10.1 Å². The molecule has 0 heterocycles. The van der Waals surface area contributed by atoms with Gasteiger partial charge in [0.1, 0.15) is 0 Å². The highest BCUT2D eigenvalue weighted by molar-refractivity contribution is 7.85. The molecule has 0 aliphatic heterocycles. The van der Waals surface area contributed by atoms with E-state index < -0.39 is 16.1 Å². The van der Waals surface area contributed by atoms with Crippen LogP contribution >= 0.6 is 0 Å². The standard InChI is InChI=1S/C13H19NO5S/c1-14(2,3)9-4-10-19-13(15)11-5-7-12(8-6-11)20(16,17)18/h5-8H,4,9-10H2,1-3H3/p+1. The molecule has 0 saturated carbocycles. The third-order valence-corrected chi connectivity index (χ3v) is 3.46. The van der Waals surface area contributed by atoms with Crippen LogP contribution in [0, 0.1) is 0 Å². The molecule has 0 spiro atoms. The van der Waals surface area contributed by atoms with Gasteiger partial charge in [-0.15, -0.1) is 0 Å². The van der Waals surface area contributed by atoms with Crippen LogP contribution in [0.5, 0.6) is 0 Å². The van der Waals surface area contributed by atoms with Crippen LogP contribution in [0.3, 0.4) is 0 Å². The molecule has 1 rings (SSSR count). The first-order chi connectivity index (χ1) is 9.09. The maximum Gasteiger partial charge on any atom is 0.338 e. The van der Waals surface area contributed by atoms with Crippen LogP contribution < -0.4 is 0 Å². The van der Waals surface area contributed by atoms with Crippen molar-refractivity contribution in [1.29, 1.82) is 0 Å². The predicted molar refractivity (Wildman–Crippen MR) is 74.1 cm³/mol. The van der Waals surface area contributed by atoms with Gasteiger partial charge in [-0.25, -0.2) is 4.79 Å². The van der Waals surface area contributed by atoms with E-state index in [-0.39, 0.29) is 10.5 Å². The van der Waals surface area contributed by atoms with Gasteiger partial charge in [0.15, 0.2) is 0 Å². The summed E-state index contributed by atoms with van der Waals surface area (Å²) < 4.78 is 36.4. The molecule has 112 valence electrons. The molecule has 1 N–H and O–H groups in total. The molecule has 0 aromatic heterocycles. The topological polar surface area (TPSA) is 80.7 Å². The number of carbonyl (C=O) groups is 1. The van der Waals surface area contributed by atoms with Gasteiger partial charge in [0.2, 0.25) is 0 Å². The first kappa shape index (κ1) is 16.6. The van der Waals surface area contributed by atoms with E-state index in [1.54, 1.807) is 0 Å². The van der Waals surface area contributed by atoms with Crippen LogP contribution in [-0.4, -0.2) is 57.7 Å². The van der Waals surface area contributed by atoms with Crippen LogP contribution in [0.1, 0.15) is 16.8 Å². The van der Waals surface area contributed by atoms with Gasteiger partial charge in [-0.3, -0.25) is 4.55 Å². The lowest BCUT2D eigenvalue weighted by Gasteiger charge is -2.23. The molecule has 0 aliphatic rings. The molecule has 0 radical (unpaired) electrons. The van der Waals surface area contributed by atoms with E-state index in [9.17, 15) is 13.2 Å². The highest BCUT2D eigenvalue weighted by atomic mass is 32.2. The van der Waals surface area contributed by atoms with Crippen molar-refractivity contribution < 1.29 is 27.0 Å². The van der Waals surface area contributed by atoms with Crippen molar-refractivity contribution in [3.05, 3.63) is 29.8 Å². The van der Waals surface area contributed by atoms with Crippen molar-refractivity contribution in [2.45, 2.75) is 11.3 Å². The Bertz CT molecular complexity index is 557. The van der Waals surface area contributed by atoms with Gasteiger partial charge in [0.05, 0.1) is 44.8 Å². The lowest BCUT2D eigenvalue weighted by molar-refractivity contribution is -0.870. The Morgan fingerprint density at radius 1 is 1.20 bits per heavy atom. The molecular weight excluding hydrogens is 282 g/mol. The normalized spacial score (nSPS) is 12.2. The quantitative estimate of drug-likeness (QED) is 0.369. The summed E-state index contributed by atoms with van der Waals surface area (Å²) in [5.41, 5.74) is 0.252. The number of quaternary nitrogens is 1. The summed E-state index contributed by atoms with van der Waals surface area (Å²) in [6.45, 7) is 1.20. The van der Waals surface area contributed by atoms with Gasteiger partial charge >= 0.3 is 5.97 Å². The van der Waals surface area contributed by atoms with Crippen molar-refractivity contribution in [2.75, 3.05) is 34.3 Å². The molecule has 7 heteroatoms. The second-order valence-electron chi connectivity index (χ2n) is 5.50. The zero-order valence-electron chi connectivity index (χ0n) is 11.9. The first-order valence-electron chi connectivity index (χ1n) is 6.15. The molecule has 0 amide bonds. The largest absolute Gasteiger partial charge is 0.462 e. The van der Waals surface area contributed by atoms with Crippen LogP contribution in [0.4, 0.5) is 0 Å². The molecule has 1 aromatic rings. The Kier molecular flexibility index (Phi) is 5.27. The number of esters is 1. The number of benzene rings is 1. The van der Waals surface area contributed by atoms with Crippen molar-refractivity contribution in [3.8, 4) is 0 Å². The predicted octanol–water partition coefficient (Wildman–Crippen LogP) is 1.19. The van der Waals surface area contributed by atoms with Gasteiger partial charge < -0.3 is 9.22 Å². The number of nitrogens with zero attached hydrogens (tertiary/aromatic N) is 1. The molecule has 0 aliphatic carbocycles. The summed E-state index contributed by atoms with van der Waals surface area (Å²) in [5.74, 6) is -0.506. The fourth-order valence-electron chi connectivity index (χ4n) is 1.55. The van der Waals surface area contributed by atoms with E-state index in [0.717, 1.165) is 29.6 Å².